The molecule has 0 spiro atoms. The van der Waals surface area contributed by atoms with Crippen LogP contribution in [0.1, 0.15) is 28.7 Å². The normalized spacial score (nSPS) is 11.2. The molecular weight excluding hydrogens is 615 g/mol. The first-order valence-corrected chi connectivity index (χ1v) is 14.9. The molecule has 3 aromatic rings. The van der Waals surface area contributed by atoms with E-state index >= 15 is 0 Å². The van der Waals surface area contributed by atoms with Crippen molar-refractivity contribution in [2.75, 3.05) is 62.1 Å². The summed E-state index contributed by atoms with van der Waals surface area (Å²) in [6.45, 7) is -0.00685. The zero-order chi connectivity index (χ0) is 32.3. The molecule has 0 saturated carbocycles. The summed E-state index contributed by atoms with van der Waals surface area (Å²) in [6.07, 6.45) is 7.23. The van der Waals surface area contributed by atoms with Crippen LogP contribution in [0.4, 0.5) is 0 Å². The molecule has 11 nitrogen and oxygen atoms in total. The second kappa shape index (κ2) is 17.8. The van der Waals surface area contributed by atoms with Crippen LogP contribution in [0.25, 0.3) is 24.3 Å². The largest absolute Gasteiger partial charge is 1.00 e. The van der Waals surface area contributed by atoms with Gasteiger partial charge in [0.05, 0.1) is 77.6 Å². The van der Waals surface area contributed by atoms with Crippen LogP contribution in [0.2, 0.25) is 0 Å². The van der Waals surface area contributed by atoms with Crippen molar-refractivity contribution in [1.82, 2.24) is 0 Å². The van der Waals surface area contributed by atoms with Crippen LogP contribution in [0, 0.1) is 0 Å². The Morgan fingerprint density at radius 2 is 0.933 bits per heavy atom. The van der Waals surface area contributed by atoms with Gasteiger partial charge in [-0.2, -0.15) is 0 Å². The Kier molecular flexibility index (Phi) is 14.9. The Hall–Kier alpha value is -3.55. The van der Waals surface area contributed by atoms with Crippen LogP contribution in [-0.4, -0.2) is 75.1 Å². The van der Waals surface area contributed by atoms with E-state index < -0.39 is 15.9 Å². The molecule has 0 bridgehead atoms. The van der Waals surface area contributed by atoms with Crippen molar-refractivity contribution in [3.05, 3.63) is 58.7 Å². The second-order valence-corrected chi connectivity index (χ2v) is 10.7. The summed E-state index contributed by atoms with van der Waals surface area (Å²) in [6, 6.07) is 10.5. The maximum Gasteiger partial charge on any atom is 1.00 e. The number of ether oxygens (including phenoxy) is 8. The first-order valence-electron chi connectivity index (χ1n) is 13.4. The van der Waals surface area contributed by atoms with Crippen molar-refractivity contribution in [1.29, 1.82) is 0 Å². The van der Waals surface area contributed by atoms with Gasteiger partial charge in [-0.05, 0) is 30.7 Å². The third-order valence-corrected chi connectivity index (χ3v) is 7.31. The molecule has 0 atom stereocenters. The van der Waals surface area contributed by atoms with Crippen molar-refractivity contribution < 1.29 is 80.4 Å². The Balaban J connectivity index is 0.00000705. The summed E-state index contributed by atoms with van der Waals surface area (Å²) in [7, 11) is 6.46. The molecule has 0 N–H and O–H groups in total. The van der Waals surface area contributed by atoms with E-state index in [0.717, 1.165) is 0 Å². The SMILES string of the molecule is COc1cc(OC)c(/C=C/c2cc(OCCCS(=O)(=O)[O-])c(/C=C/c3c(OC)cc(OC)cc3OC)cc2OC)c(OC)c1.[Na+]. The first-order chi connectivity index (χ1) is 21.1. The Morgan fingerprint density at radius 1 is 0.556 bits per heavy atom. The standard InChI is InChI=1S/C32H38O11S.Na/c1-36-23-17-29(39-4)25(30(18-23)40-5)11-9-21-16-28(43-13-8-14-44(33,34)35)22(15-27(21)38-3)10-12-26-31(41-6)19-24(37-2)20-32(26)42-7;/h9-12,15-20H,8,13-14H2,1-7H3,(H,33,34,35);/q;+1/p-1/b11-9+,12-10+;. The average Bonchev–Trinajstić information content (AvgIpc) is 3.03. The van der Waals surface area contributed by atoms with Gasteiger partial charge in [0.2, 0.25) is 0 Å². The van der Waals surface area contributed by atoms with Gasteiger partial charge < -0.3 is 42.4 Å². The molecule has 0 saturated heterocycles. The number of hydrogen-bond donors (Lipinski definition) is 0. The minimum atomic E-state index is -4.38. The van der Waals surface area contributed by atoms with Crippen LogP contribution in [-0.2, 0) is 10.1 Å². The molecule has 0 fully saturated rings. The van der Waals surface area contributed by atoms with Gasteiger partial charge in [-0.3, -0.25) is 0 Å². The molecule has 0 aliphatic heterocycles. The molecule has 3 rings (SSSR count). The summed E-state index contributed by atoms with van der Waals surface area (Å²) < 4.78 is 78.0. The van der Waals surface area contributed by atoms with E-state index in [2.05, 4.69) is 0 Å². The molecule has 0 unspecified atom stereocenters. The van der Waals surface area contributed by atoms with E-state index in [1.54, 1.807) is 98.3 Å². The summed E-state index contributed by atoms with van der Waals surface area (Å²) in [5.74, 6) is 3.66. The van der Waals surface area contributed by atoms with E-state index in [1.165, 1.54) is 0 Å². The fraction of sp³-hybridized carbons (Fsp3) is 0.312. The fourth-order valence-corrected chi connectivity index (χ4v) is 4.78. The number of rotatable bonds is 16. The summed E-state index contributed by atoms with van der Waals surface area (Å²) >= 11 is 0. The smallest absolute Gasteiger partial charge is 0.748 e. The maximum atomic E-state index is 11.1. The average molecular weight is 653 g/mol. The number of methoxy groups -OCH3 is 7. The number of hydrogen-bond acceptors (Lipinski definition) is 11. The van der Waals surface area contributed by atoms with E-state index in [-0.39, 0.29) is 42.6 Å². The fourth-order valence-electron chi connectivity index (χ4n) is 4.31. The summed E-state index contributed by atoms with van der Waals surface area (Å²) in [5.41, 5.74) is 2.59. The molecule has 0 aliphatic rings. The first kappa shape index (κ1) is 37.6. The Labute approximate surface area is 286 Å². The number of benzene rings is 3. The Morgan fingerprint density at radius 3 is 1.29 bits per heavy atom. The van der Waals surface area contributed by atoms with Gasteiger partial charge in [-0.1, -0.05) is 12.2 Å². The van der Waals surface area contributed by atoms with E-state index in [1.807, 2.05) is 12.2 Å². The molecule has 45 heavy (non-hydrogen) atoms. The van der Waals surface area contributed by atoms with Crippen molar-refractivity contribution in [3.8, 4) is 46.0 Å². The third kappa shape index (κ3) is 10.2. The molecule has 0 aromatic heterocycles. The van der Waals surface area contributed by atoms with Crippen LogP contribution in [0.5, 0.6) is 46.0 Å². The topological polar surface area (TPSA) is 131 Å². The van der Waals surface area contributed by atoms with Crippen molar-refractivity contribution in [3.63, 3.8) is 0 Å². The third-order valence-electron chi connectivity index (χ3n) is 6.52. The molecule has 0 amide bonds. The van der Waals surface area contributed by atoms with Gasteiger partial charge in [0.1, 0.15) is 46.0 Å². The zero-order valence-corrected chi connectivity index (χ0v) is 29.6. The van der Waals surface area contributed by atoms with Crippen LogP contribution in [0.3, 0.4) is 0 Å². The van der Waals surface area contributed by atoms with E-state index in [9.17, 15) is 13.0 Å². The zero-order valence-electron chi connectivity index (χ0n) is 26.8. The summed E-state index contributed by atoms with van der Waals surface area (Å²) in [5, 5.41) is 0. The predicted octanol–water partition coefficient (Wildman–Crippen LogP) is 2.41. The molecule has 0 heterocycles. The van der Waals surface area contributed by atoms with Crippen molar-refractivity contribution in [2.24, 2.45) is 0 Å². The second-order valence-electron chi connectivity index (χ2n) is 9.15. The molecule has 13 heteroatoms. The van der Waals surface area contributed by atoms with E-state index in [4.69, 9.17) is 37.9 Å². The minimum absolute atomic E-state index is 0. The molecular formula is C32H37NaO11S. The van der Waals surface area contributed by atoms with Crippen molar-refractivity contribution >= 4 is 34.4 Å². The summed E-state index contributed by atoms with van der Waals surface area (Å²) in [4.78, 5) is 0. The van der Waals surface area contributed by atoms with Crippen LogP contribution in [0.15, 0.2) is 36.4 Å². The predicted molar refractivity (Wildman–Crippen MR) is 168 cm³/mol. The molecule has 0 aliphatic carbocycles. The van der Waals surface area contributed by atoms with Crippen LogP contribution >= 0.6 is 0 Å². The monoisotopic (exact) mass is 652 g/mol. The molecule has 238 valence electrons. The van der Waals surface area contributed by atoms with Gasteiger partial charge in [0.25, 0.3) is 0 Å². The minimum Gasteiger partial charge on any atom is -0.748 e. The quantitative estimate of drug-likeness (QED) is 0.0979. The molecule has 3 aromatic carbocycles. The van der Waals surface area contributed by atoms with E-state index in [0.29, 0.717) is 68.2 Å². The van der Waals surface area contributed by atoms with Gasteiger partial charge >= 0.3 is 29.6 Å². The molecule has 0 radical (unpaired) electrons. The Bertz CT molecular complexity index is 1550. The maximum absolute atomic E-state index is 11.1. The van der Waals surface area contributed by atoms with Crippen molar-refractivity contribution in [2.45, 2.75) is 6.42 Å². The van der Waals surface area contributed by atoms with Gasteiger partial charge in [-0.25, -0.2) is 8.42 Å². The van der Waals surface area contributed by atoms with Crippen LogP contribution < -0.4 is 67.5 Å². The van der Waals surface area contributed by atoms with Gasteiger partial charge in [0, 0.05) is 41.1 Å². The van der Waals surface area contributed by atoms with Gasteiger partial charge in [-0.15, -0.1) is 0 Å². The van der Waals surface area contributed by atoms with Gasteiger partial charge in [0.15, 0.2) is 0 Å².